The SMILES string of the molecule is O=C(O)CN1C(=O)N/C(=C/c2ccccc2OCc2ccc(I)cc2)C1=O. The second kappa shape index (κ2) is 8.21. The highest BCUT2D eigenvalue weighted by Crippen LogP contribution is 2.23. The van der Waals surface area contributed by atoms with E-state index in [0.717, 1.165) is 9.13 Å². The number of aliphatic carboxylic acids is 1. The number of hydrogen-bond donors (Lipinski definition) is 2. The average molecular weight is 478 g/mol. The topological polar surface area (TPSA) is 95.9 Å². The Morgan fingerprint density at radius 1 is 1.15 bits per heavy atom. The lowest BCUT2D eigenvalue weighted by molar-refractivity contribution is -0.140. The molecule has 0 aliphatic carbocycles. The van der Waals surface area contributed by atoms with E-state index in [0.29, 0.717) is 22.8 Å². The molecule has 1 aliphatic heterocycles. The Labute approximate surface area is 168 Å². The molecule has 3 rings (SSSR count). The number of ether oxygens (including phenoxy) is 1. The first kappa shape index (κ1) is 18.9. The summed E-state index contributed by atoms with van der Waals surface area (Å²) in [6, 6.07) is 14.2. The lowest BCUT2D eigenvalue weighted by Crippen LogP contribution is -2.35. The van der Waals surface area contributed by atoms with Crippen molar-refractivity contribution in [2.75, 3.05) is 6.54 Å². The molecule has 2 aromatic carbocycles. The third kappa shape index (κ3) is 4.64. The van der Waals surface area contributed by atoms with Crippen molar-refractivity contribution in [2.45, 2.75) is 6.61 Å². The van der Waals surface area contributed by atoms with Crippen LogP contribution >= 0.6 is 22.6 Å². The number of nitrogens with one attached hydrogen (secondary N) is 1. The predicted molar refractivity (Wildman–Crippen MR) is 106 cm³/mol. The minimum atomic E-state index is -1.26. The number of amides is 3. The molecule has 0 radical (unpaired) electrons. The molecular formula is C19H15IN2O5. The lowest BCUT2D eigenvalue weighted by Gasteiger charge is -2.10. The minimum Gasteiger partial charge on any atom is -0.488 e. The van der Waals surface area contributed by atoms with Gasteiger partial charge in [-0.2, -0.15) is 0 Å². The van der Waals surface area contributed by atoms with Crippen molar-refractivity contribution in [2.24, 2.45) is 0 Å². The van der Waals surface area contributed by atoms with Crippen LogP contribution in [0.25, 0.3) is 6.08 Å². The van der Waals surface area contributed by atoms with E-state index in [2.05, 4.69) is 27.9 Å². The van der Waals surface area contributed by atoms with E-state index in [4.69, 9.17) is 9.84 Å². The summed E-state index contributed by atoms with van der Waals surface area (Å²) in [6.07, 6.45) is 1.48. The fourth-order valence-corrected chi connectivity index (χ4v) is 2.84. The standard InChI is InChI=1S/C19H15IN2O5/c20-14-7-5-12(6-8-14)11-27-16-4-2-1-3-13(16)9-15-18(25)22(10-17(23)24)19(26)21-15/h1-9H,10-11H2,(H,21,26)(H,23,24)/b15-9+. The summed E-state index contributed by atoms with van der Waals surface area (Å²) in [7, 11) is 0. The summed E-state index contributed by atoms with van der Waals surface area (Å²) >= 11 is 2.23. The van der Waals surface area contributed by atoms with Gasteiger partial charge in [-0.05, 0) is 52.4 Å². The molecule has 1 fully saturated rings. The Morgan fingerprint density at radius 3 is 2.56 bits per heavy atom. The van der Waals surface area contributed by atoms with Crippen LogP contribution in [-0.2, 0) is 16.2 Å². The van der Waals surface area contributed by atoms with Crippen LogP contribution < -0.4 is 10.1 Å². The van der Waals surface area contributed by atoms with Gasteiger partial charge in [-0.1, -0.05) is 30.3 Å². The quantitative estimate of drug-likeness (QED) is 0.378. The first-order chi connectivity index (χ1) is 12.9. The van der Waals surface area contributed by atoms with Crippen molar-refractivity contribution in [3.8, 4) is 5.75 Å². The largest absolute Gasteiger partial charge is 0.488 e. The number of urea groups is 1. The summed E-state index contributed by atoms with van der Waals surface area (Å²) < 4.78 is 6.98. The molecule has 2 aromatic rings. The number of carboxylic acids is 1. The van der Waals surface area contributed by atoms with Gasteiger partial charge in [-0.25, -0.2) is 9.69 Å². The maximum absolute atomic E-state index is 12.2. The lowest BCUT2D eigenvalue weighted by atomic mass is 10.1. The number of carbonyl (C=O) groups is 3. The Balaban J connectivity index is 1.78. The summed E-state index contributed by atoms with van der Waals surface area (Å²) in [5.74, 6) is -1.40. The van der Waals surface area contributed by atoms with Gasteiger partial charge in [0.2, 0.25) is 0 Å². The van der Waals surface area contributed by atoms with Gasteiger partial charge in [0, 0.05) is 9.13 Å². The fraction of sp³-hybridized carbons (Fsp3) is 0.105. The van der Waals surface area contributed by atoms with Crippen molar-refractivity contribution in [1.82, 2.24) is 10.2 Å². The smallest absolute Gasteiger partial charge is 0.329 e. The second-order valence-electron chi connectivity index (χ2n) is 5.73. The Bertz CT molecular complexity index is 924. The zero-order chi connectivity index (χ0) is 19.4. The van der Waals surface area contributed by atoms with E-state index >= 15 is 0 Å². The monoisotopic (exact) mass is 478 g/mol. The van der Waals surface area contributed by atoms with Crippen LogP contribution in [0.15, 0.2) is 54.2 Å². The van der Waals surface area contributed by atoms with E-state index in [1.54, 1.807) is 24.3 Å². The number of hydrogen-bond acceptors (Lipinski definition) is 4. The normalized spacial score (nSPS) is 15.1. The summed E-state index contributed by atoms with van der Waals surface area (Å²) in [5, 5.41) is 11.2. The summed E-state index contributed by atoms with van der Waals surface area (Å²) in [4.78, 5) is 35.5. The van der Waals surface area contributed by atoms with Gasteiger partial charge in [0.25, 0.3) is 5.91 Å². The van der Waals surface area contributed by atoms with E-state index in [9.17, 15) is 14.4 Å². The molecular weight excluding hydrogens is 463 g/mol. The van der Waals surface area contributed by atoms with E-state index in [1.807, 2.05) is 24.3 Å². The molecule has 0 atom stereocenters. The highest BCUT2D eigenvalue weighted by atomic mass is 127. The molecule has 0 spiro atoms. The molecule has 0 saturated carbocycles. The van der Waals surface area contributed by atoms with Crippen LogP contribution in [0, 0.1) is 3.57 Å². The first-order valence-corrected chi connectivity index (χ1v) is 9.04. The van der Waals surface area contributed by atoms with Gasteiger partial charge < -0.3 is 15.2 Å². The van der Waals surface area contributed by atoms with Crippen molar-refractivity contribution in [3.05, 3.63) is 68.9 Å². The molecule has 1 saturated heterocycles. The Kier molecular flexibility index (Phi) is 5.75. The van der Waals surface area contributed by atoms with Gasteiger partial charge in [-0.3, -0.25) is 9.59 Å². The number of carbonyl (C=O) groups excluding carboxylic acids is 2. The number of rotatable bonds is 6. The maximum atomic E-state index is 12.2. The molecule has 3 amide bonds. The second-order valence-corrected chi connectivity index (χ2v) is 6.97. The van der Waals surface area contributed by atoms with E-state index in [1.165, 1.54) is 6.08 Å². The molecule has 0 bridgehead atoms. The van der Waals surface area contributed by atoms with Crippen LogP contribution in [0.4, 0.5) is 4.79 Å². The maximum Gasteiger partial charge on any atom is 0.329 e. The van der Waals surface area contributed by atoms with Crippen LogP contribution in [0.1, 0.15) is 11.1 Å². The average Bonchev–Trinajstić information content (AvgIpc) is 2.89. The van der Waals surface area contributed by atoms with Gasteiger partial charge in [-0.15, -0.1) is 0 Å². The summed E-state index contributed by atoms with van der Waals surface area (Å²) in [5.41, 5.74) is 1.60. The Hall–Kier alpha value is -2.88. The fourth-order valence-electron chi connectivity index (χ4n) is 2.48. The molecule has 2 N–H and O–H groups in total. The van der Waals surface area contributed by atoms with Crippen molar-refractivity contribution in [3.63, 3.8) is 0 Å². The van der Waals surface area contributed by atoms with Gasteiger partial charge >= 0.3 is 12.0 Å². The van der Waals surface area contributed by atoms with E-state index in [-0.39, 0.29) is 5.70 Å². The number of imide groups is 1. The number of carboxylic acid groups (broad SMARTS) is 1. The van der Waals surface area contributed by atoms with Crippen LogP contribution in [-0.4, -0.2) is 34.5 Å². The van der Waals surface area contributed by atoms with Crippen molar-refractivity contribution >= 4 is 46.6 Å². The Morgan fingerprint density at radius 2 is 1.85 bits per heavy atom. The number of para-hydroxylation sites is 1. The third-order valence-corrected chi connectivity index (χ3v) is 4.50. The van der Waals surface area contributed by atoms with Gasteiger partial charge in [0.15, 0.2) is 0 Å². The molecule has 138 valence electrons. The van der Waals surface area contributed by atoms with Crippen molar-refractivity contribution < 1.29 is 24.2 Å². The molecule has 0 aromatic heterocycles. The highest BCUT2D eigenvalue weighted by molar-refractivity contribution is 14.1. The zero-order valence-electron chi connectivity index (χ0n) is 14.0. The number of nitrogens with zero attached hydrogens (tertiary/aromatic N) is 1. The number of benzene rings is 2. The van der Waals surface area contributed by atoms with Crippen LogP contribution in [0.2, 0.25) is 0 Å². The predicted octanol–water partition coefficient (Wildman–Crippen LogP) is 2.85. The van der Waals surface area contributed by atoms with Crippen LogP contribution in [0.5, 0.6) is 5.75 Å². The molecule has 1 aliphatic rings. The molecule has 27 heavy (non-hydrogen) atoms. The minimum absolute atomic E-state index is 0.00608. The third-order valence-electron chi connectivity index (χ3n) is 3.78. The summed E-state index contributed by atoms with van der Waals surface area (Å²) in [6.45, 7) is -0.338. The first-order valence-electron chi connectivity index (χ1n) is 7.96. The van der Waals surface area contributed by atoms with Crippen LogP contribution in [0.3, 0.4) is 0 Å². The molecule has 7 nitrogen and oxygen atoms in total. The molecule has 0 unspecified atom stereocenters. The number of halogens is 1. The molecule has 1 heterocycles. The zero-order valence-corrected chi connectivity index (χ0v) is 16.2. The molecule has 8 heteroatoms. The van der Waals surface area contributed by atoms with E-state index < -0.39 is 24.5 Å². The van der Waals surface area contributed by atoms with Crippen molar-refractivity contribution in [1.29, 1.82) is 0 Å². The van der Waals surface area contributed by atoms with Gasteiger partial charge in [0.05, 0.1) is 0 Å². The van der Waals surface area contributed by atoms with Gasteiger partial charge in [0.1, 0.15) is 24.6 Å². The highest BCUT2D eigenvalue weighted by Gasteiger charge is 2.34.